The third-order valence-corrected chi connectivity index (χ3v) is 4.61. The Labute approximate surface area is 160 Å². The van der Waals surface area contributed by atoms with E-state index in [1.807, 2.05) is 54.6 Å². The van der Waals surface area contributed by atoms with Crippen molar-refractivity contribution in [2.75, 3.05) is 14.2 Å². The number of nitrogens with zero attached hydrogens (tertiary/aromatic N) is 3. The number of methoxy groups -OCH3 is 2. The molecule has 2 aromatic carbocycles. The molecule has 0 atom stereocenters. The summed E-state index contributed by atoms with van der Waals surface area (Å²) in [4.78, 5) is 20.6. The van der Waals surface area contributed by atoms with Crippen LogP contribution in [-0.2, 0) is 0 Å². The predicted molar refractivity (Wildman–Crippen MR) is 108 cm³/mol. The van der Waals surface area contributed by atoms with Crippen molar-refractivity contribution in [1.29, 1.82) is 0 Å². The van der Waals surface area contributed by atoms with Gasteiger partial charge >= 0.3 is 0 Å². The fourth-order valence-corrected chi connectivity index (χ4v) is 3.17. The van der Waals surface area contributed by atoms with E-state index in [1.54, 1.807) is 14.2 Å². The number of fused-ring (bicyclic) bond motifs is 2. The number of pyridine rings is 1. The molecule has 28 heavy (non-hydrogen) atoms. The Balaban J connectivity index is 1.56. The average molecular weight is 371 g/mol. The highest BCUT2D eigenvalue weighted by Crippen LogP contribution is 2.26. The summed E-state index contributed by atoms with van der Waals surface area (Å²) in [5.41, 5.74) is 5.00. The molecule has 0 bridgehead atoms. The zero-order valence-electron chi connectivity index (χ0n) is 15.4. The number of aromatic amines is 2. The summed E-state index contributed by atoms with van der Waals surface area (Å²) in [6, 6.07) is 17.3. The summed E-state index contributed by atoms with van der Waals surface area (Å²) in [5.74, 6) is 2.93. The van der Waals surface area contributed by atoms with Crippen molar-refractivity contribution < 1.29 is 9.47 Å². The second-order valence-electron chi connectivity index (χ2n) is 6.35. The first-order valence-corrected chi connectivity index (χ1v) is 8.79. The Morgan fingerprint density at radius 1 is 0.643 bits per heavy atom. The SMILES string of the molecule is COc1ccc2[nH]c(-c3cccc(-c4nc5cc(OC)ccc5[nH]4)n3)nc2c1. The van der Waals surface area contributed by atoms with Gasteiger partial charge in [-0.3, -0.25) is 0 Å². The maximum Gasteiger partial charge on any atom is 0.157 e. The number of nitrogens with one attached hydrogen (secondary N) is 2. The largest absolute Gasteiger partial charge is 0.497 e. The van der Waals surface area contributed by atoms with Crippen LogP contribution in [0.4, 0.5) is 0 Å². The van der Waals surface area contributed by atoms with E-state index in [-0.39, 0.29) is 0 Å². The number of benzene rings is 2. The van der Waals surface area contributed by atoms with Crippen LogP contribution in [0.1, 0.15) is 0 Å². The molecular formula is C21H17N5O2. The number of aromatic nitrogens is 5. The van der Waals surface area contributed by atoms with E-state index in [2.05, 4.69) is 19.9 Å². The van der Waals surface area contributed by atoms with Crippen molar-refractivity contribution in [3.63, 3.8) is 0 Å². The summed E-state index contributed by atoms with van der Waals surface area (Å²) in [5, 5.41) is 0. The predicted octanol–water partition coefficient (Wildman–Crippen LogP) is 4.19. The monoisotopic (exact) mass is 371 g/mol. The number of rotatable bonds is 4. The van der Waals surface area contributed by atoms with Gasteiger partial charge in [0, 0.05) is 12.1 Å². The van der Waals surface area contributed by atoms with Crippen molar-refractivity contribution in [3.8, 4) is 34.5 Å². The quantitative estimate of drug-likeness (QED) is 0.495. The highest BCUT2D eigenvalue weighted by Gasteiger charge is 2.11. The molecule has 0 aliphatic rings. The van der Waals surface area contributed by atoms with E-state index in [1.165, 1.54) is 0 Å². The van der Waals surface area contributed by atoms with Gasteiger partial charge in [0.05, 0.1) is 36.3 Å². The smallest absolute Gasteiger partial charge is 0.157 e. The van der Waals surface area contributed by atoms with Crippen LogP contribution < -0.4 is 9.47 Å². The van der Waals surface area contributed by atoms with Gasteiger partial charge in [-0.1, -0.05) is 6.07 Å². The van der Waals surface area contributed by atoms with Crippen LogP contribution in [0.3, 0.4) is 0 Å². The maximum atomic E-state index is 5.27. The second-order valence-corrected chi connectivity index (χ2v) is 6.35. The summed E-state index contributed by atoms with van der Waals surface area (Å²) in [6.07, 6.45) is 0. The molecule has 2 N–H and O–H groups in total. The van der Waals surface area contributed by atoms with Crippen molar-refractivity contribution in [2.45, 2.75) is 0 Å². The topological polar surface area (TPSA) is 88.7 Å². The lowest BCUT2D eigenvalue weighted by molar-refractivity contribution is 0.415. The van der Waals surface area contributed by atoms with Gasteiger partial charge in [0.25, 0.3) is 0 Å². The fraction of sp³-hybridized carbons (Fsp3) is 0.0952. The van der Waals surface area contributed by atoms with E-state index in [9.17, 15) is 0 Å². The molecule has 7 nitrogen and oxygen atoms in total. The summed E-state index contributed by atoms with van der Waals surface area (Å²) < 4.78 is 10.5. The minimum Gasteiger partial charge on any atom is -0.497 e. The number of H-pyrrole nitrogens is 2. The minimum absolute atomic E-state index is 0.697. The molecule has 0 radical (unpaired) electrons. The molecular weight excluding hydrogens is 354 g/mol. The number of ether oxygens (including phenoxy) is 2. The Bertz CT molecular complexity index is 1210. The average Bonchev–Trinajstić information content (AvgIpc) is 3.36. The number of hydrogen-bond acceptors (Lipinski definition) is 5. The molecule has 138 valence electrons. The van der Waals surface area contributed by atoms with E-state index in [0.717, 1.165) is 45.0 Å². The van der Waals surface area contributed by atoms with Crippen molar-refractivity contribution in [2.24, 2.45) is 0 Å². The summed E-state index contributed by atoms with van der Waals surface area (Å²) in [7, 11) is 3.28. The van der Waals surface area contributed by atoms with Gasteiger partial charge in [-0.15, -0.1) is 0 Å². The molecule has 3 heterocycles. The van der Waals surface area contributed by atoms with Gasteiger partial charge < -0.3 is 19.4 Å². The van der Waals surface area contributed by atoms with Crippen LogP contribution in [0, 0.1) is 0 Å². The van der Waals surface area contributed by atoms with Crippen molar-refractivity contribution >= 4 is 22.1 Å². The molecule has 0 unspecified atom stereocenters. The summed E-state index contributed by atoms with van der Waals surface area (Å²) >= 11 is 0. The van der Waals surface area contributed by atoms with Crippen LogP contribution in [0.25, 0.3) is 45.1 Å². The molecule has 0 aliphatic heterocycles. The Morgan fingerprint density at radius 2 is 1.14 bits per heavy atom. The first-order valence-electron chi connectivity index (χ1n) is 8.79. The molecule has 0 spiro atoms. The molecule has 7 heteroatoms. The van der Waals surface area contributed by atoms with Gasteiger partial charge in [-0.2, -0.15) is 0 Å². The zero-order valence-corrected chi connectivity index (χ0v) is 15.4. The Morgan fingerprint density at radius 3 is 1.61 bits per heavy atom. The van der Waals surface area contributed by atoms with Crippen LogP contribution in [0.5, 0.6) is 11.5 Å². The highest BCUT2D eigenvalue weighted by atomic mass is 16.5. The molecule has 0 saturated carbocycles. The molecule has 0 aliphatic carbocycles. The van der Waals surface area contributed by atoms with E-state index >= 15 is 0 Å². The van der Waals surface area contributed by atoms with E-state index in [4.69, 9.17) is 14.5 Å². The lowest BCUT2D eigenvalue weighted by Crippen LogP contribution is -1.90. The Kier molecular flexibility index (Phi) is 3.72. The maximum absolute atomic E-state index is 5.27. The highest BCUT2D eigenvalue weighted by molar-refractivity contribution is 5.82. The lowest BCUT2D eigenvalue weighted by Gasteiger charge is -1.99. The number of hydrogen-bond donors (Lipinski definition) is 2. The number of imidazole rings is 2. The van der Waals surface area contributed by atoms with E-state index in [0.29, 0.717) is 11.6 Å². The van der Waals surface area contributed by atoms with Crippen LogP contribution in [-0.4, -0.2) is 39.1 Å². The molecule has 5 rings (SSSR count). The van der Waals surface area contributed by atoms with Gasteiger partial charge in [0.2, 0.25) is 0 Å². The zero-order chi connectivity index (χ0) is 19.1. The summed E-state index contributed by atoms with van der Waals surface area (Å²) in [6.45, 7) is 0. The minimum atomic E-state index is 0.697. The van der Waals surface area contributed by atoms with Crippen LogP contribution in [0.15, 0.2) is 54.6 Å². The van der Waals surface area contributed by atoms with Gasteiger partial charge in [-0.05, 0) is 36.4 Å². The third-order valence-electron chi connectivity index (χ3n) is 4.61. The molecule has 0 saturated heterocycles. The standard InChI is InChI=1S/C21H17N5O2/c1-27-12-6-8-14-18(10-12)25-20(23-14)16-4-3-5-17(22-16)21-24-15-9-7-13(28-2)11-19(15)26-21/h3-11H,1-2H3,(H,23,25)(H,24,26). The Hall–Kier alpha value is -3.87. The van der Waals surface area contributed by atoms with Crippen LogP contribution >= 0.6 is 0 Å². The normalized spacial score (nSPS) is 11.2. The first kappa shape index (κ1) is 16.3. The van der Waals surface area contributed by atoms with E-state index < -0.39 is 0 Å². The third kappa shape index (κ3) is 2.73. The molecule has 0 amide bonds. The molecule has 3 aromatic heterocycles. The molecule has 5 aromatic rings. The fourth-order valence-electron chi connectivity index (χ4n) is 3.17. The van der Waals surface area contributed by atoms with Crippen LogP contribution in [0.2, 0.25) is 0 Å². The lowest BCUT2D eigenvalue weighted by atomic mass is 10.3. The molecule has 0 fully saturated rings. The van der Waals surface area contributed by atoms with Gasteiger partial charge in [0.1, 0.15) is 22.9 Å². The first-order chi connectivity index (χ1) is 13.7. The van der Waals surface area contributed by atoms with Gasteiger partial charge in [0.15, 0.2) is 11.6 Å². The van der Waals surface area contributed by atoms with Gasteiger partial charge in [-0.25, -0.2) is 15.0 Å². The van der Waals surface area contributed by atoms with Crippen molar-refractivity contribution in [1.82, 2.24) is 24.9 Å². The second kappa shape index (κ2) is 6.38. The van der Waals surface area contributed by atoms with Crippen molar-refractivity contribution in [3.05, 3.63) is 54.6 Å².